The number of amidine groups is 2. The molecule has 11 heteroatoms. The molecular formula is C38H36FN7O3. The molecule has 0 N–H and O–H groups in total. The van der Waals surface area contributed by atoms with E-state index in [2.05, 4.69) is 20.8 Å². The minimum absolute atomic E-state index is 0.238. The molecule has 4 aromatic carbocycles. The summed E-state index contributed by atoms with van der Waals surface area (Å²) in [6.45, 7) is 4.94. The van der Waals surface area contributed by atoms with Crippen molar-refractivity contribution in [1.82, 2.24) is 14.7 Å². The van der Waals surface area contributed by atoms with Gasteiger partial charge in [-0.25, -0.2) is 19.1 Å². The van der Waals surface area contributed by atoms with E-state index < -0.39 is 6.04 Å². The van der Waals surface area contributed by atoms with Crippen molar-refractivity contribution in [2.24, 2.45) is 9.98 Å². The summed E-state index contributed by atoms with van der Waals surface area (Å²) < 4.78 is 33.3. The minimum Gasteiger partial charge on any atom is -0.493 e. The van der Waals surface area contributed by atoms with E-state index in [1.807, 2.05) is 84.4 Å². The Balaban J connectivity index is 1.32. The third-order valence-electron chi connectivity index (χ3n) is 9.42. The van der Waals surface area contributed by atoms with Gasteiger partial charge in [0.25, 0.3) is 0 Å². The molecule has 248 valence electrons. The van der Waals surface area contributed by atoms with Crippen molar-refractivity contribution in [2.45, 2.75) is 13.0 Å². The van der Waals surface area contributed by atoms with Crippen LogP contribution >= 0.6 is 0 Å². The summed E-state index contributed by atoms with van der Waals surface area (Å²) in [5.74, 6) is 3.65. The number of piperazine rings is 1. The van der Waals surface area contributed by atoms with Crippen molar-refractivity contribution in [1.29, 1.82) is 0 Å². The maximum atomic E-state index is 13.7. The second kappa shape index (κ2) is 12.3. The van der Waals surface area contributed by atoms with Crippen LogP contribution in [-0.2, 0) is 0 Å². The van der Waals surface area contributed by atoms with Crippen molar-refractivity contribution in [2.75, 3.05) is 57.3 Å². The first-order chi connectivity index (χ1) is 24.0. The van der Waals surface area contributed by atoms with Crippen molar-refractivity contribution in [3.8, 4) is 22.9 Å². The third-order valence-corrected chi connectivity index (χ3v) is 9.42. The zero-order chi connectivity index (χ0) is 33.6. The summed E-state index contributed by atoms with van der Waals surface area (Å²) in [5.41, 5.74) is 6.36. The molecule has 0 amide bonds. The first-order valence-corrected chi connectivity index (χ1v) is 16.3. The van der Waals surface area contributed by atoms with E-state index in [1.165, 1.54) is 12.1 Å². The number of aryl methyl sites for hydroxylation is 1. The number of hydrogen-bond acceptors (Lipinski definition) is 9. The highest BCUT2D eigenvalue weighted by Gasteiger charge is 2.44. The van der Waals surface area contributed by atoms with E-state index in [9.17, 15) is 4.39 Å². The number of hydrogen-bond donors (Lipinski definition) is 0. The topological polar surface area (TPSA) is 80.0 Å². The molecule has 1 aromatic heterocycles. The van der Waals surface area contributed by atoms with Gasteiger partial charge in [-0.15, -0.1) is 0 Å². The standard InChI is InChI=1S/C38H36FN7O3/c1-24-32-33(28-18-19-31(47-2)35(49-4)34(28)48-3)45-30-13-9-8-12-29(30)40-37(38(45)41-36(32)46(42-24)27-10-6-5-7-11-27)44-22-20-43(21-23-44)26-16-14-25(39)15-17-26/h5-19,33H,20-23H2,1-4H3/t33-/m1/s1. The quantitative estimate of drug-likeness (QED) is 0.198. The predicted molar refractivity (Wildman–Crippen MR) is 190 cm³/mol. The fraction of sp³-hybridized carbons (Fsp3) is 0.237. The Morgan fingerprint density at radius 2 is 1.37 bits per heavy atom. The van der Waals surface area contributed by atoms with E-state index >= 15 is 0 Å². The molecule has 0 bridgehead atoms. The predicted octanol–water partition coefficient (Wildman–Crippen LogP) is 6.85. The number of benzene rings is 4. The molecule has 0 saturated carbocycles. The number of para-hydroxylation sites is 3. The zero-order valence-electron chi connectivity index (χ0n) is 27.8. The number of nitrogens with zero attached hydrogens (tertiary/aromatic N) is 7. The van der Waals surface area contributed by atoms with Gasteiger partial charge in [0.15, 0.2) is 29.0 Å². The number of halogens is 1. The number of anilines is 2. The Morgan fingerprint density at radius 1 is 0.673 bits per heavy atom. The Kier molecular flexibility index (Phi) is 7.66. The summed E-state index contributed by atoms with van der Waals surface area (Å²) in [7, 11) is 4.89. The molecule has 4 heterocycles. The minimum atomic E-state index is -0.401. The average molecular weight is 658 g/mol. The smallest absolute Gasteiger partial charge is 0.203 e. The summed E-state index contributed by atoms with van der Waals surface area (Å²) in [4.78, 5) is 17.5. The maximum Gasteiger partial charge on any atom is 0.203 e. The van der Waals surface area contributed by atoms with Gasteiger partial charge in [0.1, 0.15) is 5.82 Å². The Bertz CT molecular complexity index is 2090. The molecule has 0 spiro atoms. The molecule has 49 heavy (non-hydrogen) atoms. The van der Waals surface area contributed by atoms with Crippen LogP contribution in [0.25, 0.3) is 5.69 Å². The van der Waals surface area contributed by atoms with Gasteiger partial charge in [0, 0.05) is 43.0 Å². The summed E-state index contributed by atoms with van der Waals surface area (Å²) in [6.07, 6.45) is 0. The SMILES string of the molecule is COc1ccc([C@@H]2c3c(C)nn(-c4ccccc4)c3N=C3C(N4CCN(c5ccc(F)cc5)CC4)=Nc4ccccc4N32)c(OC)c1OC. The average Bonchev–Trinajstić information content (AvgIpc) is 3.49. The molecule has 10 nitrogen and oxygen atoms in total. The van der Waals surface area contributed by atoms with Crippen LogP contribution in [0.5, 0.6) is 17.2 Å². The Labute approximate surface area is 284 Å². The van der Waals surface area contributed by atoms with E-state index in [0.29, 0.717) is 30.3 Å². The van der Waals surface area contributed by atoms with Gasteiger partial charge >= 0.3 is 0 Å². The van der Waals surface area contributed by atoms with Gasteiger partial charge in [0.05, 0.1) is 50.1 Å². The fourth-order valence-corrected chi connectivity index (χ4v) is 7.12. The zero-order valence-corrected chi connectivity index (χ0v) is 27.8. The lowest BCUT2D eigenvalue weighted by molar-refractivity contribution is 0.321. The van der Waals surface area contributed by atoms with E-state index in [1.54, 1.807) is 21.3 Å². The first-order valence-electron chi connectivity index (χ1n) is 16.3. The molecule has 0 aliphatic carbocycles. The highest BCUT2D eigenvalue weighted by atomic mass is 19.1. The summed E-state index contributed by atoms with van der Waals surface area (Å²) in [6, 6.07) is 28.5. The van der Waals surface area contributed by atoms with E-state index in [-0.39, 0.29) is 5.82 Å². The summed E-state index contributed by atoms with van der Waals surface area (Å²) in [5, 5.41) is 5.07. The second-order valence-corrected chi connectivity index (χ2v) is 12.1. The van der Waals surface area contributed by atoms with Crippen LogP contribution in [-0.4, -0.2) is 73.9 Å². The van der Waals surface area contributed by atoms with Crippen LogP contribution in [0.15, 0.2) is 101 Å². The van der Waals surface area contributed by atoms with Crippen molar-refractivity contribution >= 4 is 34.6 Å². The molecule has 1 saturated heterocycles. The number of ether oxygens (including phenoxy) is 3. The van der Waals surface area contributed by atoms with Crippen LogP contribution in [0.2, 0.25) is 0 Å². The highest BCUT2D eigenvalue weighted by Crippen LogP contribution is 2.52. The molecule has 1 atom stereocenters. The van der Waals surface area contributed by atoms with Gasteiger partial charge in [-0.2, -0.15) is 5.10 Å². The highest BCUT2D eigenvalue weighted by molar-refractivity contribution is 6.48. The normalized spacial score (nSPS) is 16.7. The van der Waals surface area contributed by atoms with Crippen molar-refractivity contribution < 1.29 is 18.6 Å². The molecule has 3 aliphatic rings. The molecule has 0 radical (unpaired) electrons. The van der Waals surface area contributed by atoms with Crippen LogP contribution in [0.1, 0.15) is 22.9 Å². The largest absolute Gasteiger partial charge is 0.493 e. The number of methoxy groups -OCH3 is 3. The lowest BCUT2D eigenvalue weighted by Crippen LogP contribution is -2.55. The Morgan fingerprint density at radius 3 is 2.08 bits per heavy atom. The molecular weight excluding hydrogens is 621 g/mol. The van der Waals surface area contributed by atoms with Crippen LogP contribution in [0.3, 0.4) is 0 Å². The number of fused-ring (bicyclic) bond motifs is 4. The van der Waals surface area contributed by atoms with Crippen molar-refractivity contribution in [3.05, 3.63) is 114 Å². The Hall–Kier alpha value is -5.84. The summed E-state index contributed by atoms with van der Waals surface area (Å²) >= 11 is 0. The van der Waals surface area contributed by atoms with E-state index in [0.717, 1.165) is 70.1 Å². The van der Waals surface area contributed by atoms with Gasteiger partial charge in [-0.1, -0.05) is 30.3 Å². The number of aliphatic imine (C=N–C) groups is 2. The van der Waals surface area contributed by atoms with Crippen LogP contribution < -0.4 is 24.0 Å². The van der Waals surface area contributed by atoms with Gasteiger partial charge < -0.3 is 28.9 Å². The van der Waals surface area contributed by atoms with Gasteiger partial charge in [0.2, 0.25) is 5.75 Å². The molecule has 5 aromatic rings. The third kappa shape index (κ3) is 5.04. The maximum absolute atomic E-state index is 13.7. The lowest BCUT2D eigenvalue weighted by atomic mass is 9.92. The van der Waals surface area contributed by atoms with Gasteiger partial charge in [-0.05, 0) is 67.6 Å². The van der Waals surface area contributed by atoms with Gasteiger partial charge in [-0.3, -0.25) is 0 Å². The molecule has 8 rings (SSSR count). The van der Waals surface area contributed by atoms with E-state index in [4.69, 9.17) is 29.3 Å². The lowest BCUT2D eigenvalue weighted by Gasteiger charge is -2.44. The van der Waals surface area contributed by atoms with Crippen molar-refractivity contribution in [3.63, 3.8) is 0 Å². The second-order valence-electron chi connectivity index (χ2n) is 12.1. The van der Waals surface area contributed by atoms with Crippen LogP contribution in [0.4, 0.5) is 27.3 Å². The number of aromatic nitrogens is 2. The molecule has 0 unspecified atom stereocenters. The first kappa shape index (κ1) is 30.5. The molecule has 1 fully saturated rings. The fourth-order valence-electron chi connectivity index (χ4n) is 7.12. The number of rotatable bonds is 6. The van der Waals surface area contributed by atoms with Crippen LogP contribution in [0, 0.1) is 12.7 Å². The monoisotopic (exact) mass is 657 g/mol. The molecule has 3 aliphatic heterocycles.